The van der Waals surface area contributed by atoms with Gasteiger partial charge in [-0.25, -0.2) is 0 Å². The number of amides is 1. The quantitative estimate of drug-likeness (QED) is 0.772. The first kappa shape index (κ1) is 16.3. The lowest BCUT2D eigenvalue weighted by atomic mass is 9.85. The highest BCUT2D eigenvalue weighted by atomic mass is 16.1. The van der Waals surface area contributed by atoms with Gasteiger partial charge in [0.1, 0.15) is 5.54 Å². The summed E-state index contributed by atoms with van der Waals surface area (Å²) in [6.07, 6.45) is 6.24. The maximum atomic E-state index is 11.3. The van der Waals surface area contributed by atoms with Gasteiger partial charge in [0.05, 0.1) is 12.0 Å². The van der Waals surface area contributed by atoms with Crippen molar-refractivity contribution in [1.29, 1.82) is 5.26 Å². The van der Waals surface area contributed by atoms with Crippen molar-refractivity contribution in [3.8, 4) is 6.07 Å². The Kier molecular flexibility index (Phi) is 5.60. The number of hydrogen-bond acceptors (Lipinski definition) is 4. The highest BCUT2D eigenvalue weighted by Gasteiger charge is 2.42. The van der Waals surface area contributed by atoms with Gasteiger partial charge in [-0.15, -0.1) is 0 Å². The summed E-state index contributed by atoms with van der Waals surface area (Å²) < 4.78 is 0. The minimum Gasteiger partial charge on any atom is -0.369 e. The standard InChI is InChI=1S/C16H28N4O/c1-2-19-16(12-17)8-3-6-14(16)7-10-20-9-4-5-13(11-20)15(18)21/h13-14,19H,2-11H2,1H3,(H2,18,21). The summed E-state index contributed by atoms with van der Waals surface area (Å²) in [6.45, 7) is 5.73. The van der Waals surface area contributed by atoms with Crippen molar-refractivity contribution in [3.63, 3.8) is 0 Å². The smallest absolute Gasteiger partial charge is 0.221 e. The van der Waals surface area contributed by atoms with Gasteiger partial charge in [-0.1, -0.05) is 13.3 Å². The van der Waals surface area contributed by atoms with Gasteiger partial charge in [-0.2, -0.15) is 5.26 Å². The summed E-state index contributed by atoms with van der Waals surface area (Å²) in [5.74, 6) is 0.271. The number of nitrogens with zero attached hydrogens (tertiary/aromatic N) is 2. The van der Waals surface area contributed by atoms with Crippen molar-refractivity contribution in [2.45, 2.75) is 51.0 Å². The second-order valence-corrected chi connectivity index (χ2v) is 6.53. The molecule has 1 amide bonds. The molecule has 3 atom stereocenters. The van der Waals surface area contributed by atoms with E-state index in [1.807, 2.05) is 0 Å². The minimum atomic E-state index is -0.326. The number of piperidine rings is 1. The Morgan fingerprint density at radius 2 is 2.29 bits per heavy atom. The zero-order chi connectivity index (χ0) is 15.3. The summed E-state index contributed by atoms with van der Waals surface area (Å²) in [5.41, 5.74) is 5.11. The molecule has 1 saturated heterocycles. The van der Waals surface area contributed by atoms with Gasteiger partial charge in [0.25, 0.3) is 0 Å². The molecule has 0 aromatic carbocycles. The van der Waals surface area contributed by atoms with Gasteiger partial charge in [0.2, 0.25) is 5.91 Å². The summed E-state index contributed by atoms with van der Waals surface area (Å²) >= 11 is 0. The number of carbonyl (C=O) groups excluding carboxylic acids is 1. The lowest BCUT2D eigenvalue weighted by molar-refractivity contribution is -0.123. The average Bonchev–Trinajstić information content (AvgIpc) is 2.89. The molecule has 0 aromatic rings. The molecule has 5 heteroatoms. The molecular formula is C16H28N4O. The van der Waals surface area contributed by atoms with Gasteiger partial charge >= 0.3 is 0 Å². The third-order valence-corrected chi connectivity index (χ3v) is 5.21. The van der Waals surface area contributed by atoms with Gasteiger partial charge in [0, 0.05) is 6.54 Å². The number of carbonyl (C=O) groups is 1. The largest absolute Gasteiger partial charge is 0.369 e. The Balaban J connectivity index is 1.87. The molecule has 118 valence electrons. The van der Waals surface area contributed by atoms with Gasteiger partial charge < -0.3 is 10.6 Å². The number of likely N-dealkylation sites (tertiary alicyclic amines) is 1. The monoisotopic (exact) mass is 292 g/mol. The van der Waals surface area contributed by atoms with Crippen LogP contribution in [0.3, 0.4) is 0 Å². The van der Waals surface area contributed by atoms with Crippen LogP contribution in [0.2, 0.25) is 0 Å². The molecule has 2 rings (SSSR count). The Morgan fingerprint density at radius 3 is 2.95 bits per heavy atom. The number of primary amides is 1. The normalized spacial score (nSPS) is 33.7. The van der Waals surface area contributed by atoms with Crippen LogP contribution in [0.15, 0.2) is 0 Å². The number of nitrogens with one attached hydrogen (secondary N) is 1. The molecule has 3 N–H and O–H groups in total. The summed E-state index contributed by atoms with van der Waals surface area (Å²) in [5, 5.41) is 13.0. The van der Waals surface area contributed by atoms with E-state index >= 15 is 0 Å². The van der Waals surface area contributed by atoms with E-state index in [2.05, 4.69) is 23.2 Å². The fourth-order valence-corrected chi connectivity index (χ4v) is 4.03. The fourth-order valence-electron chi connectivity index (χ4n) is 4.03. The maximum Gasteiger partial charge on any atom is 0.221 e. The fraction of sp³-hybridized carbons (Fsp3) is 0.875. The molecular weight excluding hydrogens is 264 g/mol. The lowest BCUT2D eigenvalue weighted by Gasteiger charge is -2.34. The maximum absolute atomic E-state index is 11.3. The Hall–Kier alpha value is -1.12. The van der Waals surface area contributed by atoms with E-state index in [4.69, 9.17) is 5.73 Å². The predicted octanol–water partition coefficient (Wildman–Crippen LogP) is 1.25. The van der Waals surface area contributed by atoms with E-state index in [1.54, 1.807) is 0 Å². The van der Waals surface area contributed by atoms with E-state index in [1.165, 1.54) is 0 Å². The van der Waals surface area contributed by atoms with Crippen LogP contribution in [-0.2, 0) is 4.79 Å². The number of rotatable bonds is 6. The number of hydrogen-bond donors (Lipinski definition) is 2. The van der Waals surface area contributed by atoms with E-state index < -0.39 is 0 Å². The van der Waals surface area contributed by atoms with Crippen molar-refractivity contribution >= 4 is 5.91 Å². The molecule has 3 unspecified atom stereocenters. The SMILES string of the molecule is CCNC1(C#N)CCCC1CCN1CCCC(C(N)=O)C1. The molecule has 2 aliphatic rings. The van der Waals surface area contributed by atoms with Gasteiger partial charge in [-0.05, 0) is 57.7 Å². The number of nitriles is 1. The van der Waals surface area contributed by atoms with Crippen molar-refractivity contribution in [2.75, 3.05) is 26.2 Å². The average molecular weight is 292 g/mol. The van der Waals surface area contributed by atoms with E-state index in [-0.39, 0.29) is 17.4 Å². The van der Waals surface area contributed by atoms with Crippen LogP contribution in [0.5, 0.6) is 0 Å². The van der Waals surface area contributed by atoms with Crippen molar-refractivity contribution in [2.24, 2.45) is 17.6 Å². The molecule has 1 aliphatic heterocycles. The highest BCUT2D eigenvalue weighted by Crippen LogP contribution is 2.37. The zero-order valence-corrected chi connectivity index (χ0v) is 13.1. The minimum absolute atomic E-state index is 0.0109. The first-order valence-corrected chi connectivity index (χ1v) is 8.29. The second-order valence-electron chi connectivity index (χ2n) is 6.53. The third kappa shape index (κ3) is 3.75. The molecule has 5 nitrogen and oxygen atoms in total. The van der Waals surface area contributed by atoms with Crippen molar-refractivity contribution in [3.05, 3.63) is 0 Å². The van der Waals surface area contributed by atoms with Crippen LogP contribution in [0.4, 0.5) is 0 Å². The molecule has 0 radical (unpaired) electrons. The van der Waals surface area contributed by atoms with Crippen molar-refractivity contribution in [1.82, 2.24) is 10.2 Å². The second kappa shape index (κ2) is 7.24. The predicted molar refractivity (Wildman–Crippen MR) is 82.3 cm³/mol. The zero-order valence-electron chi connectivity index (χ0n) is 13.1. The molecule has 21 heavy (non-hydrogen) atoms. The number of nitrogens with two attached hydrogens (primary N) is 1. The van der Waals surface area contributed by atoms with Crippen LogP contribution in [0, 0.1) is 23.2 Å². The van der Waals surface area contributed by atoms with Gasteiger partial charge in [0.15, 0.2) is 0 Å². The van der Waals surface area contributed by atoms with Crippen LogP contribution in [0.1, 0.15) is 45.4 Å². The molecule has 0 spiro atoms. The van der Waals surface area contributed by atoms with Crippen LogP contribution in [-0.4, -0.2) is 42.5 Å². The van der Waals surface area contributed by atoms with E-state index in [9.17, 15) is 10.1 Å². The Labute approximate surface area is 127 Å². The van der Waals surface area contributed by atoms with Crippen LogP contribution < -0.4 is 11.1 Å². The van der Waals surface area contributed by atoms with Gasteiger partial charge in [-0.3, -0.25) is 10.1 Å². The summed E-state index contributed by atoms with van der Waals surface area (Å²) in [7, 11) is 0. The first-order chi connectivity index (χ1) is 10.1. The topological polar surface area (TPSA) is 82.2 Å². The molecule has 1 aliphatic carbocycles. The van der Waals surface area contributed by atoms with Crippen LogP contribution in [0.25, 0.3) is 0 Å². The molecule has 0 aromatic heterocycles. The summed E-state index contributed by atoms with van der Waals surface area (Å²) in [4.78, 5) is 13.7. The summed E-state index contributed by atoms with van der Waals surface area (Å²) in [6, 6.07) is 2.54. The van der Waals surface area contributed by atoms with E-state index in [0.29, 0.717) is 5.92 Å². The Morgan fingerprint density at radius 1 is 1.48 bits per heavy atom. The molecule has 1 heterocycles. The first-order valence-electron chi connectivity index (χ1n) is 8.29. The molecule has 0 bridgehead atoms. The highest BCUT2D eigenvalue weighted by molar-refractivity contribution is 5.76. The lowest BCUT2D eigenvalue weighted by Crippen LogP contribution is -2.48. The van der Waals surface area contributed by atoms with Crippen molar-refractivity contribution < 1.29 is 4.79 Å². The van der Waals surface area contributed by atoms with Crippen LogP contribution >= 0.6 is 0 Å². The molecule has 1 saturated carbocycles. The Bertz CT molecular complexity index is 406. The van der Waals surface area contributed by atoms with E-state index in [0.717, 1.165) is 64.7 Å². The molecule has 2 fully saturated rings. The third-order valence-electron chi connectivity index (χ3n) is 5.21.